The number of aryl methyl sites for hydroxylation is 1. The van der Waals surface area contributed by atoms with E-state index in [2.05, 4.69) is 60.5 Å². The zero-order valence-corrected chi connectivity index (χ0v) is 18.6. The van der Waals surface area contributed by atoms with Crippen molar-refractivity contribution in [2.45, 2.75) is 39.3 Å². The predicted octanol–water partition coefficient (Wildman–Crippen LogP) is 5.75. The summed E-state index contributed by atoms with van der Waals surface area (Å²) in [7, 11) is 0. The van der Waals surface area contributed by atoms with Gasteiger partial charge in [-0.3, -0.25) is 9.69 Å². The molecule has 3 aromatic carbocycles. The Kier molecular flexibility index (Phi) is 6.83. The summed E-state index contributed by atoms with van der Waals surface area (Å²) in [5.74, 6) is 0.795. The Hall–Kier alpha value is -2.91. The Labute approximate surface area is 186 Å². The van der Waals surface area contributed by atoms with Crippen molar-refractivity contribution in [3.63, 3.8) is 0 Å². The van der Waals surface area contributed by atoms with E-state index in [1.807, 2.05) is 42.5 Å². The van der Waals surface area contributed by atoms with Gasteiger partial charge < -0.3 is 5.32 Å². The fourth-order valence-electron chi connectivity index (χ4n) is 4.35. The number of likely N-dealkylation sites (tertiary alicyclic amines) is 1. The minimum Gasteiger partial charge on any atom is -0.341 e. The predicted molar refractivity (Wildman–Crippen MR) is 127 cm³/mol. The van der Waals surface area contributed by atoms with Gasteiger partial charge in [-0.15, -0.1) is 0 Å². The van der Waals surface area contributed by atoms with Gasteiger partial charge in [0.1, 0.15) is 0 Å². The first kappa shape index (κ1) is 21.3. The highest BCUT2D eigenvalue weighted by Gasteiger charge is 2.20. The quantitative estimate of drug-likeness (QED) is 0.559. The minimum atomic E-state index is -0.176. The molecule has 1 atom stereocenters. The summed E-state index contributed by atoms with van der Waals surface area (Å²) in [4.78, 5) is 15.6. The van der Waals surface area contributed by atoms with E-state index in [0.29, 0.717) is 5.56 Å². The molecule has 3 aromatic rings. The Balaban J connectivity index is 1.48. The van der Waals surface area contributed by atoms with E-state index in [1.165, 1.54) is 37.1 Å². The second-order valence-corrected chi connectivity index (χ2v) is 8.83. The first-order valence-electron chi connectivity index (χ1n) is 11.3. The molecule has 4 rings (SSSR count). The molecule has 1 N–H and O–H groups in total. The lowest BCUT2D eigenvalue weighted by Gasteiger charge is -2.30. The second-order valence-electron chi connectivity index (χ2n) is 8.83. The van der Waals surface area contributed by atoms with E-state index in [1.54, 1.807) is 0 Å². The Morgan fingerprint density at radius 1 is 0.935 bits per heavy atom. The standard InChI is InChI=1S/C28H32N2O/c1-21-16-18-30(19-17-21)20-23-12-14-25(15-13-23)28(31)29-27(24-9-4-3-5-10-24)26-11-7-6-8-22(26)2/h3-15,21,27H,16-20H2,1-2H3,(H,29,31)/t27-/m1/s1. The highest BCUT2D eigenvalue weighted by Crippen LogP contribution is 2.25. The molecule has 1 heterocycles. The van der Waals surface area contributed by atoms with Gasteiger partial charge in [0.2, 0.25) is 0 Å². The Morgan fingerprint density at radius 3 is 2.26 bits per heavy atom. The van der Waals surface area contributed by atoms with Gasteiger partial charge in [-0.05, 0) is 73.2 Å². The zero-order chi connectivity index (χ0) is 21.6. The van der Waals surface area contributed by atoms with E-state index < -0.39 is 0 Å². The lowest BCUT2D eigenvalue weighted by molar-refractivity contribution is 0.0943. The summed E-state index contributed by atoms with van der Waals surface area (Å²) >= 11 is 0. The van der Waals surface area contributed by atoms with Gasteiger partial charge in [-0.2, -0.15) is 0 Å². The molecule has 0 unspecified atom stereocenters. The zero-order valence-electron chi connectivity index (χ0n) is 18.6. The molecule has 3 heteroatoms. The number of rotatable bonds is 6. The lowest BCUT2D eigenvalue weighted by Crippen LogP contribution is -2.32. The van der Waals surface area contributed by atoms with Crippen LogP contribution in [0.1, 0.15) is 58.4 Å². The number of hydrogen-bond donors (Lipinski definition) is 1. The van der Waals surface area contributed by atoms with Crippen LogP contribution in [0.25, 0.3) is 0 Å². The van der Waals surface area contributed by atoms with E-state index in [-0.39, 0.29) is 11.9 Å². The first-order valence-corrected chi connectivity index (χ1v) is 11.3. The normalized spacial score (nSPS) is 16.1. The summed E-state index contributed by atoms with van der Waals surface area (Å²) in [5.41, 5.74) is 5.34. The third kappa shape index (κ3) is 5.42. The number of amides is 1. The molecule has 1 fully saturated rings. The molecule has 1 saturated heterocycles. The number of carbonyl (C=O) groups excluding carboxylic acids is 1. The minimum absolute atomic E-state index is 0.0459. The number of carbonyl (C=O) groups is 1. The number of nitrogens with one attached hydrogen (secondary N) is 1. The van der Waals surface area contributed by atoms with Crippen molar-refractivity contribution < 1.29 is 4.79 Å². The third-order valence-electron chi connectivity index (χ3n) is 6.41. The van der Waals surface area contributed by atoms with Crippen LogP contribution in [0.5, 0.6) is 0 Å². The Morgan fingerprint density at radius 2 is 1.58 bits per heavy atom. The highest BCUT2D eigenvalue weighted by molar-refractivity contribution is 5.94. The molecular formula is C28H32N2O. The van der Waals surface area contributed by atoms with E-state index in [4.69, 9.17) is 0 Å². The maximum Gasteiger partial charge on any atom is 0.252 e. The molecule has 160 valence electrons. The van der Waals surface area contributed by atoms with Crippen LogP contribution in [0.4, 0.5) is 0 Å². The van der Waals surface area contributed by atoms with Gasteiger partial charge in [0.25, 0.3) is 5.91 Å². The molecule has 1 aliphatic rings. The summed E-state index contributed by atoms with van der Waals surface area (Å²) in [6, 6.07) is 26.3. The monoisotopic (exact) mass is 412 g/mol. The first-order chi connectivity index (χ1) is 15.1. The van der Waals surface area contributed by atoms with Crippen molar-refractivity contribution in [3.05, 3.63) is 107 Å². The van der Waals surface area contributed by atoms with Crippen LogP contribution in [0.2, 0.25) is 0 Å². The van der Waals surface area contributed by atoms with Crippen molar-refractivity contribution in [2.24, 2.45) is 5.92 Å². The molecule has 3 nitrogen and oxygen atoms in total. The maximum atomic E-state index is 13.1. The summed E-state index contributed by atoms with van der Waals surface area (Å²) in [5, 5.41) is 3.26. The molecular weight excluding hydrogens is 380 g/mol. The van der Waals surface area contributed by atoms with Gasteiger partial charge >= 0.3 is 0 Å². The van der Waals surface area contributed by atoms with Crippen molar-refractivity contribution in [3.8, 4) is 0 Å². The summed E-state index contributed by atoms with van der Waals surface area (Å²) < 4.78 is 0. The number of hydrogen-bond acceptors (Lipinski definition) is 2. The second kappa shape index (κ2) is 9.93. The Bertz CT molecular complexity index is 989. The molecule has 0 aliphatic carbocycles. The molecule has 0 spiro atoms. The van der Waals surface area contributed by atoms with Gasteiger partial charge in [0.15, 0.2) is 0 Å². The fraction of sp³-hybridized carbons (Fsp3) is 0.321. The maximum absolute atomic E-state index is 13.1. The van der Waals surface area contributed by atoms with Crippen LogP contribution in [-0.4, -0.2) is 23.9 Å². The number of piperidine rings is 1. The highest BCUT2D eigenvalue weighted by atomic mass is 16.1. The van der Waals surface area contributed by atoms with E-state index >= 15 is 0 Å². The molecule has 0 aromatic heterocycles. The van der Waals surface area contributed by atoms with E-state index in [9.17, 15) is 4.79 Å². The van der Waals surface area contributed by atoms with Crippen LogP contribution in [-0.2, 0) is 6.54 Å². The molecule has 1 amide bonds. The summed E-state index contributed by atoms with van der Waals surface area (Å²) in [6.07, 6.45) is 2.56. The molecule has 0 radical (unpaired) electrons. The third-order valence-corrected chi connectivity index (χ3v) is 6.41. The smallest absolute Gasteiger partial charge is 0.252 e. The van der Waals surface area contributed by atoms with Crippen molar-refractivity contribution >= 4 is 5.91 Å². The average molecular weight is 413 g/mol. The van der Waals surface area contributed by atoms with Crippen molar-refractivity contribution in [1.29, 1.82) is 0 Å². The van der Waals surface area contributed by atoms with Gasteiger partial charge in [0.05, 0.1) is 6.04 Å². The van der Waals surface area contributed by atoms with Gasteiger partial charge in [-0.25, -0.2) is 0 Å². The average Bonchev–Trinajstić information content (AvgIpc) is 2.80. The molecule has 31 heavy (non-hydrogen) atoms. The van der Waals surface area contributed by atoms with Crippen molar-refractivity contribution in [2.75, 3.05) is 13.1 Å². The van der Waals surface area contributed by atoms with Crippen molar-refractivity contribution in [1.82, 2.24) is 10.2 Å². The number of benzene rings is 3. The van der Waals surface area contributed by atoms with Crippen LogP contribution >= 0.6 is 0 Å². The SMILES string of the molecule is Cc1ccccc1[C@H](NC(=O)c1ccc(CN2CCC(C)CC2)cc1)c1ccccc1. The largest absolute Gasteiger partial charge is 0.341 e. The summed E-state index contributed by atoms with van der Waals surface area (Å²) in [6.45, 7) is 7.72. The van der Waals surface area contributed by atoms with E-state index in [0.717, 1.165) is 23.6 Å². The number of nitrogens with zero attached hydrogens (tertiary/aromatic N) is 1. The molecule has 1 aliphatic heterocycles. The molecule has 0 bridgehead atoms. The fourth-order valence-corrected chi connectivity index (χ4v) is 4.35. The van der Waals surface area contributed by atoms with Crippen LogP contribution in [0, 0.1) is 12.8 Å². The molecule has 0 saturated carbocycles. The van der Waals surface area contributed by atoms with Crippen LogP contribution < -0.4 is 5.32 Å². The van der Waals surface area contributed by atoms with Crippen LogP contribution in [0.15, 0.2) is 78.9 Å². The topological polar surface area (TPSA) is 32.3 Å². The van der Waals surface area contributed by atoms with Gasteiger partial charge in [0, 0.05) is 12.1 Å². The lowest BCUT2D eigenvalue weighted by atomic mass is 9.94. The van der Waals surface area contributed by atoms with Crippen LogP contribution in [0.3, 0.4) is 0 Å². The van der Waals surface area contributed by atoms with Gasteiger partial charge in [-0.1, -0.05) is 73.7 Å².